The number of rotatable bonds is 2. The van der Waals surface area contributed by atoms with Crippen molar-refractivity contribution in [3.05, 3.63) is 11.6 Å². The van der Waals surface area contributed by atoms with Crippen LogP contribution in [0, 0.1) is 22.7 Å². The molecule has 5 heteroatoms. The maximum absolute atomic E-state index is 12.0. The first-order chi connectivity index (χ1) is 9.81. The van der Waals surface area contributed by atoms with Gasteiger partial charge >= 0.3 is 11.9 Å². The van der Waals surface area contributed by atoms with Crippen molar-refractivity contribution in [2.45, 2.75) is 45.6 Å². The summed E-state index contributed by atoms with van der Waals surface area (Å²) >= 11 is 0. The van der Waals surface area contributed by atoms with Gasteiger partial charge < -0.3 is 14.9 Å². The largest absolute Gasteiger partial charge is 0.481 e. The van der Waals surface area contributed by atoms with Gasteiger partial charge in [0.05, 0.1) is 12.5 Å². The monoisotopic (exact) mass is 294 g/mol. The number of aliphatic hydroxyl groups excluding tert-OH is 1. The summed E-state index contributed by atoms with van der Waals surface area (Å²) in [6.45, 7) is 4.16. The number of aliphatic carboxylic acids is 1. The summed E-state index contributed by atoms with van der Waals surface area (Å²) in [5.41, 5.74) is -0.357. The molecular weight excluding hydrogens is 272 g/mol. The van der Waals surface area contributed by atoms with E-state index in [4.69, 9.17) is 4.74 Å². The number of aliphatic hydroxyl groups is 1. The second-order valence-corrected chi connectivity index (χ2v) is 7.12. The lowest BCUT2D eigenvalue weighted by atomic mass is 9.46. The number of carbonyl (C=O) groups is 2. The van der Waals surface area contributed by atoms with Gasteiger partial charge in [-0.05, 0) is 36.5 Å². The fourth-order valence-corrected chi connectivity index (χ4v) is 4.99. The molecule has 1 heterocycles. The summed E-state index contributed by atoms with van der Waals surface area (Å²) in [4.78, 5) is 23.4. The molecule has 0 aromatic rings. The third kappa shape index (κ3) is 1.86. The summed E-state index contributed by atoms with van der Waals surface area (Å²) in [6, 6.07) is 0. The van der Waals surface area contributed by atoms with Gasteiger partial charge in [0.15, 0.2) is 0 Å². The van der Waals surface area contributed by atoms with Gasteiger partial charge in [0.2, 0.25) is 0 Å². The molecule has 3 aliphatic rings. The Morgan fingerprint density at radius 1 is 1.52 bits per heavy atom. The smallest absolute Gasteiger partial charge is 0.334 e. The average molecular weight is 294 g/mol. The van der Waals surface area contributed by atoms with Crippen LogP contribution in [0.25, 0.3) is 0 Å². The number of hydrogen-bond donors (Lipinski definition) is 2. The van der Waals surface area contributed by atoms with E-state index < -0.39 is 22.9 Å². The highest BCUT2D eigenvalue weighted by molar-refractivity contribution is 5.92. The van der Waals surface area contributed by atoms with E-state index in [-0.39, 0.29) is 30.8 Å². The Balaban J connectivity index is 2.09. The van der Waals surface area contributed by atoms with E-state index in [1.54, 1.807) is 0 Å². The maximum atomic E-state index is 12.0. The van der Waals surface area contributed by atoms with Crippen LogP contribution in [0.4, 0.5) is 0 Å². The first-order valence-electron chi connectivity index (χ1n) is 7.59. The number of cyclic esters (lactones) is 1. The van der Waals surface area contributed by atoms with E-state index in [9.17, 15) is 19.8 Å². The zero-order valence-electron chi connectivity index (χ0n) is 12.5. The van der Waals surface area contributed by atoms with E-state index in [2.05, 4.69) is 0 Å². The number of carboxylic acid groups (broad SMARTS) is 1. The first kappa shape index (κ1) is 14.6. The molecule has 2 fully saturated rings. The Labute approximate surface area is 124 Å². The molecule has 5 unspecified atom stereocenters. The lowest BCUT2D eigenvalue weighted by Gasteiger charge is -2.57. The third-order valence-corrected chi connectivity index (χ3v) is 6.21. The maximum Gasteiger partial charge on any atom is 0.334 e. The molecule has 2 N–H and O–H groups in total. The minimum Gasteiger partial charge on any atom is -0.481 e. The SMILES string of the molecule is CC1C(O)CC23COC(=O)C2=CCCC3C1(C)CC(=O)O. The van der Waals surface area contributed by atoms with E-state index in [0.717, 1.165) is 12.8 Å². The zero-order valence-corrected chi connectivity index (χ0v) is 12.5. The van der Waals surface area contributed by atoms with Crippen molar-refractivity contribution >= 4 is 11.9 Å². The quantitative estimate of drug-likeness (QED) is 0.758. The predicted octanol–water partition coefficient (Wildman–Crippen LogP) is 1.75. The van der Waals surface area contributed by atoms with Gasteiger partial charge in [0.25, 0.3) is 0 Å². The van der Waals surface area contributed by atoms with E-state index in [1.807, 2.05) is 19.9 Å². The van der Waals surface area contributed by atoms with Crippen molar-refractivity contribution in [3.63, 3.8) is 0 Å². The molecule has 0 radical (unpaired) electrons. The minimum absolute atomic E-state index is 0.0130. The summed E-state index contributed by atoms with van der Waals surface area (Å²) in [7, 11) is 0. The van der Waals surface area contributed by atoms with Gasteiger partial charge in [-0.15, -0.1) is 0 Å². The summed E-state index contributed by atoms with van der Waals surface area (Å²) in [6.07, 6.45) is 3.44. The number of ether oxygens (including phenoxy) is 1. The molecule has 21 heavy (non-hydrogen) atoms. The Morgan fingerprint density at radius 3 is 2.90 bits per heavy atom. The van der Waals surface area contributed by atoms with Crippen molar-refractivity contribution in [2.24, 2.45) is 22.7 Å². The predicted molar refractivity (Wildman–Crippen MR) is 74.3 cm³/mol. The molecule has 0 aromatic carbocycles. The molecule has 1 aliphatic heterocycles. The summed E-state index contributed by atoms with van der Waals surface area (Å²) in [5, 5.41) is 19.8. The molecule has 5 nitrogen and oxygen atoms in total. The van der Waals surface area contributed by atoms with Crippen molar-refractivity contribution < 1.29 is 24.5 Å². The molecular formula is C16H22O5. The first-order valence-corrected chi connectivity index (χ1v) is 7.59. The number of hydrogen-bond acceptors (Lipinski definition) is 4. The zero-order chi connectivity index (χ0) is 15.4. The second kappa shape index (κ2) is 4.57. The van der Waals surface area contributed by atoms with Gasteiger partial charge in [-0.3, -0.25) is 4.79 Å². The lowest BCUT2D eigenvalue weighted by molar-refractivity contribution is -0.156. The molecule has 0 aromatic heterocycles. The molecule has 0 amide bonds. The molecule has 1 saturated heterocycles. The Morgan fingerprint density at radius 2 is 2.24 bits per heavy atom. The lowest BCUT2D eigenvalue weighted by Crippen LogP contribution is -2.57. The van der Waals surface area contributed by atoms with Crippen molar-refractivity contribution in [2.75, 3.05) is 6.61 Å². The Hall–Kier alpha value is -1.36. The number of esters is 1. The van der Waals surface area contributed by atoms with Gasteiger partial charge in [-0.1, -0.05) is 19.9 Å². The molecule has 0 bridgehead atoms. The number of carboxylic acids is 1. The standard InChI is InChI=1S/C16H22O5/c1-9-11(17)6-16-8-21-14(20)10(16)4-3-5-12(16)15(9,2)7-13(18)19/h4,9,11-12,17H,3,5-8H2,1-2H3,(H,18,19). The van der Waals surface area contributed by atoms with Crippen LogP contribution in [-0.2, 0) is 14.3 Å². The Kier molecular flexibility index (Phi) is 3.17. The fraction of sp³-hybridized carbons (Fsp3) is 0.750. The van der Waals surface area contributed by atoms with Crippen molar-refractivity contribution in [1.29, 1.82) is 0 Å². The van der Waals surface area contributed by atoms with Crippen molar-refractivity contribution in [3.8, 4) is 0 Å². The van der Waals surface area contributed by atoms with E-state index in [1.165, 1.54) is 0 Å². The number of allylic oxidation sites excluding steroid dienone is 1. The highest BCUT2D eigenvalue weighted by Gasteiger charge is 2.63. The van der Waals surface area contributed by atoms with Gasteiger partial charge in [-0.25, -0.2) is 4.79 Å². The summed E-state index contributed by atoms with van der Waals surface area (Å²) in [5.74, 6) is -1.20. The fourth-order valence-electron chi connectivity index (χ4n) is 4.99. The van der Waals surface area contributed by atoms with Crippen LogP contribution in [0.15, 0.2) is 11.6 Å². The topological polar surface area (TPSA) is 83.8 Å². The third-order valence-electron chi connectivity index (χ3n) is 6.21. The van der Waals surface area contributed by atoms with Crippen LogP contribution in [0.2, 0.25) is 0 Å². The molecule has 3 rings (SSSR count). The second-order valence-electron chi connectivity index (χ2n) is 7.12. The number of carbonyl (C=O) groups excluding carboxylic acids is 1. The molecule has 2 aliphatic carbocycles. The van der Waals surface area contributed by atoms with Crippen molar-refractivity contribution in [1.82, 2.24) is 0 Å². The Bertz CT molecular complexity index is 525. The average Bonchev–Trinajstić information content (AvgIpc) is 2.73. The van der Waals surface area contributed by atoms with Crippen LogP contribution in [-0.4, -0.2) is 34.9 Å². The molecule has 1 saturated carbocycles. The van der Waals surface area contributed by atoms with Gasteiger partial charge in [0.1, 0.15) is 6.61 Å². The van der Waals surface area contributed by atoms with Gasteiger partial charge in [-0.2, -0.15) is 0 Å². The molecule has 116 valence electrons. The van der Waals surface area contributed by atoms with Crippen LogP contribution >= 0.6 is 0 Å². The van der Waals surface area contributed by atoms with E-state index >= 15 is 0 Å². The summed E-state index contributed by atoms with van der Waals surface area (Å²) < 4.78 is 5.28. The van der Waals surface area contributed by atoms with E-state index in [0.29, 0.717) is 12.0 Å². The molecule has 1 spiro atoms. The van der Waals surface area contributed by atoms with Crippen LogP contribution in [0.5, 0.6) is 0 Å². The molecule has 5 atom stereocenters. The van der Waals surface area contributed by atoms with Crippen LogP contribution < -0.4 is 0 Å². The minimum atomic E-state index is -0.852. The van der Waals surface area contributed by atoms with Crippen LogP contribution in [0.1, 0.15) is 39.5 Å². The van der Waals surface area contributed by atoms with Crippen LogP contribution in [0.3, 0.4) is 0 Å². The van der Waals surface area contributed by atoms with Gasteiger partial charge in [0, 0.05) is 11.0 Å². The highest BCUT2D eigenvalue weighted by atomic mass is 16.5. The normalized spacial score (nSPS) is 45.4. The highest BCUT2D eigenvalue weighted by Crippen LogP contribution is 2.63.